The van der Waals surface area contributed by atoms with Crippen LogP contribution in [-0.2, 0) is 0 Å². The van der Waals surface area contributed by atoms with Gasteiger partial charge in [-0.1, -0.05) is 0 Å². The highest BCUT2D eigenvalue weighted by Crippen LogP contribution is 2.18. The van der Waals surface area contributed by atoms with Crippen molar-refractivity contribution in [3.63, 3.8) is 0 Å². The first-order chi connectivity index (χ1) is 7.45. The quantitative estimate of drug-likeness (QED) is 0.334. The third-order valence-electron chi connectivity index (χ3n) is 1.70. The molecular formula is C8H6I3N3O2. The van der Waals surface area contributed by atoms with Crippen molar-refractivity contribution in [3.8, 4) is 0 Å². The van der Waals surface area contributed by atoms with E-state index in [-0.39, 0.29) is 11.8 Å². The first kappa shape index (κ1) is 14.2. The monoisotopic (exact) mass is 557 g/mol. The van der Waals surface area contributed by atoms with Gasteiger partial charge >= 0.3 is 0 Å². The molecule has 0 atom stereocenters. The molecule has 5 nitrogen and oxygen atoms in total. The van der Waals surface area contributed by atoms with E-state index in [1.165, 1.54) is 19.5 Å². The van der Waals surface area contributed by atoms with Gasteiger partial charge in [0.15, 0.2) is 0 Å². The maximum Gasteiger partial charge on any atom is 0.271 e. The zero-order valence-electron chi connectivity index (χ0n) is 7.71. The molecule has 0 bridgehead atoms. The number of nitrogens with zero attached hydrogens (tertiary/aromatic N) is 1. The molecule has 0 fully saturated rings. The van der Waals surface area contributed by atoms with Gasteiger partial charge in [-0.15, -0.1) is 0 Å². The number of carbonyl (C=O) groups is 2. The van der Waals surface area contributed by atoms with E-state index in [0.29, 0.717) is 16.8 Å². The molecule has 0 aromatic heterocycles. The van der Waals surface area contributed by atoms with Crippen LogP contribution in [0.25, 0.3) is 0 Å². The molecule has 3 N–H and O–H groups in total. The topological polar surface area (TPSA) is 75.4 Å². The summed E-state index contributed by atoms with van der Waals surface area (Å²) >= 11 is 5.43. The van der Waals surface area contributed by atoms with Crippen LogP contribution < -0.4 is 9.26 Å². The summed E-state index contributed by atoms with van der Waals surface area (Å²) in [6, 6.07) is 4.57. The Balaban J connectivity index is 3.18. The lowest BCUT2D eigenvalue weighted by Gasteiger charge is -2.08. The van der Waals surface area contributed by atoms with Crippen LogP contribution in [0.3, 0.4) is 0 Å². The molecule has 86 valence electrons. The van der Waals surface area contributed by atoms with E-state index in [1.807, 2.05) is 45.7 Å². The summed E-state index contributed by atoms with van der Waals surface area (Å²) in [6.45, 7) is 0. The van der Waals surface area contributed by atoms with Crippen LogP contribution in [0.15, 0.2) is 18.2 Å². The number of carbonyl (C=O) groups excluding carboxylic acids is 2. The van der Waals surface area contributed by atoms with Crippen molar-refractivity contribution >= 4 is 86.1 Å². The number of anilines is 1. The number of hydrogen-bond acceptors (Lipinski definition) is 3. The number of hydrogen-bond donors (Lipinski definition) is 2. The van der Waals surface area contributed by atoms with E-state index in [0.717, 1.165) is 0 Å². The van der Waals surface area contributed by atoms with Crippen LogP contribution in [-0.4, -0.2) is 13.1 Å². The molecule has 0 saturated carbocycles. The maximum absolute atomic E-state index is 11.7. The Labute approximate surface area is 134 Å². The molecule has 16 heavy (non-hydrogen) atoms. The van der Waals surface area contributed by atoms with Gasteiger partial charge in [0.25, 0.3) is 11.8 Å². The van der Waals surface area contributed by atoms with Gasteiger partial charge in [0.05, 0.1) is 68.6 Å². The molecule has 0 spiro atoms. The van der Waals surface area contributed by atoms with Crippen molar-refractivity contribution < 1.29 is 9.59 Å². The van der Waals surface area contributed by atoms with E-state index in [2.05, 4.69) is 3.53 Å². The smallest absolute Gasteiger partial charge is 0.271 e. The van der Waals surface area contributed by atoms with Gasteiger partial charge in [-0.3, -0.25) is 13.1 Å². The molecule has 8 heteroatoms. The summed E-state index contributed by atoms with van der Waals surface area (Å²) in [5.41, 5.74) is 6.77. The van der Waals surface area contributed by atoms with Gasteiger partial charge < -0.3 is 5.73 Å². The molecule has 2 amide bonds. The fourth-order valence-corrected chi connectivity index (χ4v) is 1.93. The van der Waals surface area contributed by atoms with Crippen LogP contribution in [0, 0.1) is 0 Å². The third kappa shape index (κ3) is 3.58. The predicted molar refractivity (Wildman–Crippen MR) is 86.6 cm³/mol. The van der Waals surface area contributed by atoms with Crippen LogP contribution in [0.4, 0.5) is 5.69 Å². The number of benzene rings is 1. The Kier molecular flexibility index (Phi) is 5.49. The number of nitrogen functional groups attached to an aromatic ring is 1. The van der Waals surface area contributed by atoms with Gasteiger partial charge in [0.1, 0.15) is 0 Å². The lowest BCUT2D eigenvalue weighted by Crippen LogP contribution is -2.15. The number of halogens is 3. The SMILES string of the molecule is Nc1cc(C(=O)NI)cc(C(=O)N(I)I)c1. The molecule has 0 saturated heterocycles. The minimum absolute atomic E-state index is 0.212. The molecule has 1 rings (SSSR count). The first-order valence-electron chi connectivity index (χ1n) is 3.93. The standard InChI is InChI=1S/C8H6I3N3O2/c9-13-7(15)4-1-5(3-6(12)2-4)8(16)14(10)11/h1-3H,12H2,(H,13,15). The van der Waals surface area contributed by atoms with Gasteiger partial charge in [0, 0.05) is 16.8 Å². The van der Waals surface area contributed by atoms with Crippen molar-refractivity contribution in [2.45, 2.75) is 0 Å². The molecule has 0 aliphatic rings. The summed E-state index contributed by atoms with van der Waals surface area (Å²) < 4.78 is 3.82. The van der Waals surface area contributed by atoms with Crippen molar-refractivity contribution in [2.24, 2.45) is 0 Å². The minimum atomic E-state index is -0.282. The first-order valence-corrected chi connectivity index (χ1v) is 6.94. The zero-order valence-corrected chi connectivity index (χ0v) is 14.2. The van der Waals surface area contributed by atoms with E-state index < -0.39 is 0 Å². The highest BCUT2D eigenvalue weighted by Gasteiger charge is 2.14. The van der Waals surface area contributed by atoms with E-state index in [1.54, 1.807) is 22.9 Å². The van der Waals surface area contributed by atoms with Crippen molar-refractivity contribution in [2.75, 3.05) is 5.73 Å². The summed E-state index contributed by atoms with van der Waals surface area (Å²) in [4.78, 5) is 23.1. The Morgan fingerprint density at radius 1 is 1.19 bits per heavy atom. The summed E-state index contributed by atoms with van der Waals surface area (Å²) in [5, 5.41) is 0. The number of rotatable bonds is 2. The highest BCUT2D eigenvalue weighted by atomic mass is 127. The number of nitrogens with one attached hydrogen (secondary N) is 1. The van der Waals surface area contributed by atoms with Crippen molar-refractivity contribution in [3.05, 3.63) is 29.3 Å². The van der Waals surface area contributed by atoms with E-state index in [9.17, 15) is 9.59 Å². The predicted octanol–water partition coefficient (Wildman–Crippen LogP) is 2.49. The van der Waals surface area contributed by atoms with E-state index >= 15 is 0 Å². The second-order valence-corrected chi connectivity index (χ2v) is 7.12. The van der Waals surface area contributed by atoms with Gasteiger partial charge in [0.2, 0.25) is 0 Å². The molecule has 0 aliphatic carbocycles. The Morgan fingerprint density at radius 2 is 1.75 bits per heavy atom. The summed E-state index contributed by atoms with van der Waals surface area (Å²) in [7, 11) is 0. The van der Waals surface area contributed by atoms with Crippen LogP contribution in [0.1, 0.15) is 20.7 Å². The van der Waals surface area contributed by atoms with Crippen LogP contribution in [0.5, 0.6) is 0 Å². The molecule has 0 unspecified atom stereocenters. The van der Waals surface area contributed by atoms with Gasteiger partial charge in [-0.05, 0) is 18.2 Å². The molecule has 0 aliphatic heterocycles. The minimum Gasteiger partial charge on any atom is -0.399 e. The number of nitrogens with two attached hydrogens (primary N) is 1. The second-order valence-electron chi connectivity index (χ2n) is 2.81. The average Bonchev–Trinajstić information content (AvgIpc) is 2.25. The molecule has 0 radical (unpaired) electrons. The second kappa shape index (κ2) is 6.18. The molecule has 1 aromatic carbocycles. The fraction of sp³-hybridized carbons (Fsp3) is 0. The van der Waals surface area contributed by atoms with Gasteiger partial charge in [-0.25, -0.2) is 1.33 Å². The van der Waals surface area contributed by atoms with Crippen molar-refractivity contribution in [1.29, 1.82) is 0 Å². The fourth-order valence-electron chi connectivity index (χ4n) is 1.06. The Bertz CT molecular complexity index is 437. The molecule has 1 aromatic rings. The Morgan fingerprint density at radius 3 is 2.25 bits per heavy atom. The maximum atomic E-state index is 11.7. The van der Waals surface area contributed by atoms with Crippen LogP contribution in [0.2, 0.25) is 0 Å². The largest absolute Gasteiger partial charge is 0.399 e. The molecule has 0 heterocycles. The highest BCUT2D eigenvalue weighted by molar-refractivity contribution is 14.2. The zero-order chi connectivity index (χ0) is 12.3. The average molecular weight is 557 g/mol. The lowest BCUT2D eigenvalue weighted by molar-refractivity contribution is 0.0952. The summed E-state index contributed by atoms with van der Waals surface area (Å²) in [5.74, 6) is -0.494. The molecular weight excluding hydrogens is 551 g/mol. The normalized spacial score (nSPS) is 9.69. The number of amides is 2. The van der Waals surface area contributed by atoms with Crippen molar-refractivity contribution in [1.82, 2.24) is 4.86 Å². The summed E-state index contributed by atoms with van der Waals surface area (Å²) in [6.07, 6.45) is 0. The van der Waals surface area contributed by atoms with E-state index in [4.69, 9.17) is 5.73 Å². The van der Waals surface area contributed by atoms with Crippen LogP contribution >= 0.6 is 68.6 Å². The lowest BCUT2D eigenvalue weighted by atomic mass is 10.1. The van der Waals surface area contributed by atoms with Gasteiger partial charge in [-0.2, -0.15) is 0 Å². The Hall–Kier alpha value is 0.150. The third-order valence-corrected chi connectivity index (χ3v) is 3.07.